The van der Waals surface area contributed by atoms with Gasteiger partial charge in [-0.25, -0.2) is 4.99 Å². The van der Waals surface area contributed by atoms with Crippen molar-refractivity contribution in [1.82, 2.24) is 0 Å². The summed E-state index contributed by atoms with van der Waals surface area (Å²) >= 11 is 0. The molecule has 0 radical (unpaired) electrons. The highest BCUT2D eigenvalue weighted by Crippen LogP contribution is 2.27. The van der Waals surface area contributed by atoms with Gasteiger partial charge in [-0.05, 0) is 67.9 Å². The molecule has 0 N–H and O–H groups in total. The van der Waals surface area contributed by atoms with Gasteiger partial charge in [-0.2, -0.15) is 0 Å². The van der Waals surface area contributed by atoms with Crippen molar-refractivity contribution in [3.8, 4) is 23.0 Å². The molecule has 0 atom stereocenters. The molecule has 0 amide bonds. The molecule has 3 aromatic carbocycles. The maximum absolute atomic E-state index is 6.10. The highest BCUT2D eigenvalue weighted by molar-refractivity contribution is 5.96. The first-order valence-electron chi connectivity index (χ1n) is 9.53. The van der Waals surface area contributed by atoms with Crippen molar-refractivity contribution in [2.45, 2.75) is 13.8 Å². The van der Waals surface area contributed by atoms with Crippen LogP contribution in [0.15, 0.2) is 89.6 Å². The van der Waals surface area contributed by atoms with Crippen LogP contribution in [0.3, 0.4) is 0 Å². The number of methoxy groups -OCH3 is 2. The molecule has 0 saturated heterocycles. The standard InChI is InChI=1S/C25H25NO4/c1-18-8-7-9-22(16-18)30-25(26-20-12-14-21(27-3)15-13-20)19(2)17-29-24-11-6-5-10-23(24)28-4/h5-17H,1-4H3. The molecule has 0 aliphatic heterocycles. The summed E-state index contributed by atoms with van der Waals surface area (Å²) in [5.74, 6) is 3.16. The van der Waals surface area contributed by atoms with Gasteiger partial charge in [-0.1, -0.05) is 24.3 Å². The molecule has 0 aliphatic carbocycles. The Hall–Kier alpha value is -3.73. The van der Waals surface area contributed by atoms with E-state index < -0.39 is 0 Å². The van der Waals surface area contributed by atoms with Gasteiger partial charge in [0.1, 0.15) is 11.5 Å². The highest BCUT2D eigenvalue weighted by Gasteiger charge is 2.09. The summed E-state index contributed by atoms with van der Waals surface area (Å²) in [5, 5.41) is 0. The second-order valence-electron chi connectivity index (χ2n) is 6.60. The van der Waals surface area contributed by atoms with Crippen LogP contribution in [0, 0.1) is 6.92 Å². The molecule has 0 fully saturated rings. The Labute approximate surface area is 177 Å². The van der Waals surface area contributed by atoms with Gasteiger partial charge >= 0.3 is 0 Å². The van der Waals surface area contributed by atoms with E-state index in [0.29, 0.717) is 23.1 Å². The summed E-state index contributed by atoms with van der Waals surface area (Å²) < 4.78 is 22.5. The summed E-state index contributed by atoms with van der Waals surface area (Å²) in [6.07, 6.45) is 1.61. The molecule has 0 aliphatic rings. The van der Waals surface area contributed by atoms with Crippen LogP contribution in [-0.4, -0.2) is 20.1 Å². The zero-order valence-electron chi connectivity index (χ0n) is 17.6. The van der Waals surface area contributed by atoms with E-state index in [1.54, 1.807) is 20.5 Å². The van der Waals surface area contributed by atoms with Gasteiger partial charge in [-0.15, -0.1) is 0 Å². The molecule has 0 aromatic heterocycles. The van der Waals surface area contributed by atoms with Gasteiger partial charge in [0.05, 0.1) is 26.2 Å². The van der Waals surface area contributed by atoms with E-state index in [2.05, 4.69) is 4.99 Å². The van der Waals surface area contributed by atoms with Gasteiger partial charge in [0.15, 0.2) is 11.5 Å². The molecule has 3 rings (SSSR count). The summed E-state index contributed by atoms with van der Waals surface area (Å²) in [6, 6.07) is 22.7. The lowest BCUT2D eigenvalue weighted by Gasteiger charge is -2.12. The third kappa shape index (κ3) is 5.64. The molecule has 3 aromatic rings. The Bertz CT molecular complexity index is 1040. The molecule has 154 valence electrons. The fourth-order valence-electron chi connectivity index (χ4n) is 2.67. The van der Waals surface area contributed by atoms with Gasteiger partial charge in [0, 0.05) is 5.57 Å². The predicted molar refractivity (Wildman–Crippen MR) is 119 cm³/mol. The van der Waals surface area contributed by atoms with Crippen molar-refractivity contribution >= 4 is 11.6 Å². The van der Waals surface area contributed by atoms with E-state index in [-0.39, 0.29) is 0 Å². The molecule has 0 heterocycles. The second-order valence-corrected chi connectivity index (χ2v) is 6.60. The van der Waals surface area contributed by atoms with Gasteiger partial charge in [0.2, 0.25) is 5.90 Å². The quantitative estimate of drug-likeness (QED) is 0.271. The normalized spacial score (nSPS) is 11.7. The minimum absolute atomic E-state index is 0.431. The maximum Gasteiger partial charge on any atom is 0.225 e. The first-order chi connectivity index (χ1) is 14.6. The lowest BCUT2D eigenvalue weighted by Crippen LogP contribution is -2.11. The van der Waals surface area contributed by atoms with E-state index in [0.717, 1.165) is 22.6 Å². The molecule has 0 saturated carbocycles. The first kappa shape index (κ1) is 21.0. The molecule has 5 heteroatoms. The molecule has 0 unspecified atom stereocenters. The van der Waals surface area contributed by atoms with Crippen LogP contribution in [0.1, 0.15) is 12.5 Å². The van der Waals surface area contributed by atoms with Crippen molar-refractivity contribution in [2.75, 3.05) is 14.2 Å². The Balaban J connectivity index is 1.91. The van der Waals surface area contributed by atoms with Crippen LogP contribution in [0.4, 0.5) is 5.69 Å². The number of benzene rings is 3. The lowest BCUT2D eigenvalue weighted by atomic mass is 10.2. The van der Waals surface area contributed by atoms with Crippen LogP contribution in [-0.2, 0) is 0 Å². The predicted octanol–water partition coefficient (Wildman–Crippen LogP) is 6.10. The van der Waals surface area contributed by atoms with Crippen LogP contribution < -0.4 is 18.9 Å². The highest BCUT2D eigenvalue weighted by atomic mass is 16.5. The Morgan fingerprint density at radius 3 is 2.20 bits per heavy atom. The van der Waals surface area contributed by atoms with E-state index in [1.165, 1.54) is 0 Å². The third-order valence-corrected chi connectivity index (χ3v) is 4.28. The maximum atomic E-state index is 6.10. The fourth-order valence-corrected chi connectivity index (χ4v) is 2.67. The number of aliphatic imine (C=N–C) groups is 1. The van der Waals surface area contributed by atoms with Crippen molar-refractivity contribution in [2.24, 2.45) is 4.99 Å². The van der Waals surface area contributed by atoms with E-state index in [9.17, 15) is 0 Å². The van der Waals surface area contributed by atoms with Crippen LogP contribution in [0.2, 0.25) is 0 Å². The minimum Gasteiger partial charge on any atom is -0.497 e. The zero-order chi connectivity index (χ0) is 21.3. The van der Waals surface area contributed by atoms with E-state index in [1.807, 2.05) is 86.6 Å². The lowest BCUT2D eigenvalue weighted by molar-refractivity contribution is 0.377. The smallest absolute Gasteiger partial charge is 0.225 e. The summed E-state index contributed by atoms with van der Waals surface area (Å²) in [4.78, 5) is 4.67. The first-order valence-corrected chi connectivity index (χ1v) is 9.53. The zero-order valence-corrected chi connectivity index (χ0v) is 17.6. The summed E-state index contributed by atoms with van der Waals surface area (Å²) in [7, 11) is 3.24. The number of rotatable bonds is 7. The summed E-state index contributed by atoms with van der Waals surface area (Å²) in [6.45, 7) is 3.90. The molecule has 0 spiro atoms. The largest absolute Gasteiger partial charge is 0.497 e. The van der Waals surface area contributed by atoms with Gasteiger partial charge in [0.25, 0.3) is 0 Å². The Morgan fingerprint density at radius 2 is 1.53 bits per heavy atom. The number of nitrogens with zero attached hydrogens (tertiary/aromatic N) is 1. The van der Waals surface area contributed by atoms with Crippen LogP contribution >= 0.6 is 0 Å². The Morgan fingerprint density at radius 1 is 0.800 bits per heavy atom. The number of ether oxygens (including phenoxy) is 4. The van der Waals surface area contributed by atoms with Gasteiger partial charge < -0.3 is 18.9 Å². The molecule has 0 bridgehead atoms. The fraction of sp³-hybridized carbons (Fsp3) is 0.160. The van der Waals surface area contributed by atoms with Crippen molar-refractivity contribution in [3.63, 3.8) is 0 Å². The number of hydrogen-bond acceptors (Lipinski definition) is 5. The number of aryl methyl sites for hydroxylation is 1. The second kappa shape index (κ2) is 10.2. The topological polar surface area (TPSA) is 49.3 Å². The Kier molecular flexibility index (Phi) is 7.11. The monoisotopic (exact) mass is 403 g/mol. The van der Waals surface area contributed by atoms with Crippen LogP contribution in [0.5, 0.6) is 23.0 Å². The summed E-state index contributed by atoms with van der Waals surface area (Å²) in [5.41, 5.74) is 2.56. The van der Waals surface area contributed by atoms with Crippen LogP contribution in [0.25, 0.3) is 0 Å². The van der Waals surface area contributed by atoms with E-state index in [4.69, 9.17) is 18.9 Å². The average molecular weight is 403 g/mol. The number of para-hydroxylation sites is 2. The van der Waals surface area contributed by atoms with Gasteiger partial charge in [-0.3, -0.25) is 0 Å². The van der Waals surface area contributed by atoms with E-state index >= 15 is 0 Å². The minimum atomic E-state index is 0.431. The molecular formula is C25H25NO4. The molecule has 30 heavy (non-hydrogen) atoms. The number of hydrogen-bond donors (Lipinski definition) is 0. The SMILES string of the molecule is COc1ccc(N=C(Oc2cccc(C)c2)C(C)=COc2ccccc2OC)cc1. The average Bonchev–Trinajstić information content (AvgIpc) is 2.77. The third-order valence-electron chi connectivity index (χ3n) is 4.28. The van der Waals surface area contributed by atoms with Crippen molar-refractivity contribution < 1.29 is 18.9 Å². The molecular weight excluding hydrogens is 378 g/mol. The molecule has 5 nitrogen and oxygen atoms in total. The van der Waals surface area contributed by atoms with Crippen molar-refractivity contribution in [1.29, 1.82) is 0 Å². The van der Waals surface area contributed by atoms with Crippen molar-refractivity contribution in [3.05, 3.63) is 90.2 Å².